The van der Waals surface area contributed by atoms with Crippen molar-refractivity contribution in [3.63, 3.8) is 0 Å². The molecule has 4 aromatic rings. The number of benzene rings is 1. The maximum Gasteiger partial charge on any atom is 0.212 e. The Morgan fingerprint density at radius 2 is 2.06 bits per heavy atom. The SMILES string of the molecule is Fc1ccccc1CNc1cc(-c2cc3nccn3c(N3CC4CC3CN4)n2)ccn1. The average Bonchev–Trinajstić information content (AvgIpc) is 3.55. The fourth-order valence-corrected chi connectivity index (χ4v) is 4.58. The maximum absolute atomic E-state index is 13.9. The molecule has 2 fully saturated rings. The van der Waals surface area contributed by atoms with Crippen molar-refractivity contribution in [2.75, 3.05) is 23.3 Å². The summed E-state index contributed by atoms with van der Waals surface area (Å²) >= 11 is 0. The number of anilines is 2. The summed E-state index contributed by atoms with van der Waals surface area (Å²) in [5, 5.41) is 6.76. The molecular formula is C23H22FN7. The summed E-state index contributed by atoms with van der Waals surface area (Å²) in [6, 6.07) is 13.6. The molecule has 0 radical (unpaired) electrons. The molecule has 156 valence electrons. The third-order valence-corrected chi connectivity index (χ3v) is 6.16. The number of pyridine rings is 1. The molecule has 6 rings (SSSR count). The summed E-state index contributed by atoms with van der Waals surface area (Å²) in [4.78, 5) is 16.3. The predicted molar refractivity (Wildman–Crippen MR) is 117 cm³/mol. The Hall–Kier alpha value is -3.52. The second kappa shape index (κ2) is 7.31. The van der Waals surface area contributed by atoms with E-state index < -0.39 is 0 Å². The zero-order valence-electron chi connectivity index (χ0n) is 16.9. The molecule has 0 amide bonds. The van der Waals surface area contributed by atoms with Crippen molar-refractivity contribution in [3.8, 4) is 11.3 Å². The monoisotopic (exact) mass is 415 g/mol. The fraction of sp³-hybridized carbons (Fsp3) is 0.261. The van der Waals surface area contributed by atoms with E-state index in [1.54, 1.807) is 18.3 Å². The molecule has 0 saturated carbocycles. The minimum atomic E-state index is -0.225. The lowest BCUT2D eigenvalue weighted by atomic mass is 10.1. The topological polar surface area (TPSA) is 70.4 Å². The van der Waals surface area contributed by atoms with Crippen LogP contribution < -0.4 is 15.5 Å². The van der Waals surface area contributed by atoms with Crippen molar-refractivity contribution in [2.45, 2.75) is 25.0 Å². The van der Waals surface area contributed by atoms with E-state index in [9.17, 15) is 4.39 Å². The van der Waals surface area contributed by atoms with Gasteiger partial charge in [0.2, 0.25) is 5.95 Å². The molecule has 2 unspecified atom stereocenters. The van der Waals surface area contributed by atoms with Gasteiger partial charge in [-0.15, -0.1) is 0 Å². The Morgan fingerprint density at radius 1 is 1.13 bits per heavy atom. The number of fused-ring (bicyclic) bond motifs is 3. The number of aromatic nitrogens is 4. The number of imidazole rings is 1. The molecule has 31 heavy (non-hydrogen) atoms. The molecule has 3 aromatic heterocycles. The first-order valence-electron chi connectivity index (χ1n) is 10.5. The van der Waals surface area contributed by atoms with E-state index in [1.807, 2.05) is 36.7 Å². The number of piperazine rings is 1. The van der Waals surface area contributed by atoms with Gasteiger partial charge in [-0.3, -0.25) is 4.40 Å². The number of hydrogen-bond donors (Lipinski definition) is 2. The molecular weight excluding hydrogens is 393 g/mol. The van der Waals surface area contributed by atoms with Crippen molar-refractivity contribution < 1.29 is 4.39 Å². The minimum absolute atomic E-state index is 0.225. The molecule has 2 saturated heterocycles. The van der Waals surface area contributed by atoms with Crippen LogP contribution in [0, 0.1) is 5.82 Å². The van der Waals surface area contributed by atoms with E-state index in [4.69, 9.17) is 4.98 Å². The van der Waals surface area contributed by atoms with Crippen molar-refractivity contribution in [1.29, 1.82) is 0 Å². The first-order valence-corrected chi connectivity index (χ1v) is 10.5. The van der Waals surface area contributed by atoms with Crippen LogP contribution >= 0.6 is 0 Å². The number of hydrogen-bond acceptors (Lipinski definition) is 6. The van der Waals surface area contributed by atoms with Crippen LogP contribution in [0.15, 0.2) is 61.1 Å². The maximum atomic E-state index is 13.9. The zero-order chi connectivity index (χ0) is 20.8. The van der Waals surface area contributed by atoms with Crippen LogP contribution in [-0.2, 0) is 6.54 Å². The molecule has 0 spiro atoms. The van der Waals surface area contributed by atoms with Gasteiger partial charge in [0.25, 0.3) is 0 Å². The van der Waals surface area contributed by atoms with E-state index in [2.05, 4.69) is 29.9 Å². The summed E-state index contributed by atoms with van der Waals surface area (Å²) < 4.78 is 16.0. The van der Waals surface area contributed by atoms with Gasteiger partial charge in [0.05, 0.1) is 5.69 Å². The van der Waals surface area contributed by atoms with Gasteiger partial charge < -0.3 is 15.5 Å². The van der Waals surface area contributed by atoms with Crippen molar-refractivity contribution in [1.82, 2.24) is 24.7 Å². The Morgan fingerprint density at radius 3 is 2.90 bits per heavy atom. The smallest absolute Gasteiger partial charge is 0.212 e. The third-order valence-electron chi connectivity index (χ3n) is 6.16. The van der Waals surface area contributed by atoms with Crippen LogP contribution in [0.4, 0.5) is 16.2 Å². The van der Waals surface area contributed by atoms with Gasteiger partial charge in [-0.2, -0.15) is 0 Å². The lowest BCUT2D eigenvalue weighted by Gasteiger charge is -2.29. The Kier molecular flexibility index (Phi) is 4.31. The Balaban J connectivity index is 1.32. The highest BCUT2D eigenvalue weighted by molar-refractivity contribution is 5.68. The van der Waals surface area contributed by atoms with Crippen molar-refractivity contribution in [3.05, 3.63) is 72.4 Å². The van der Waals surface area contributed by atoms with Gasteiger partial charge in [0.1, 0.15) is 17.3 Å². The summed E-state index contributed by atoms with van der Waals surface area (Å²) in [6.45, 7) is 2.32. The van der Waals surface area contributed by atoms with E-state index in [0.29, 0.717) is 30.0 Å². The number of halogens is 1. The van der Waals surface area contributed by atoms with Gasteiger partial charge in [0, 0.05) is 67.5 Å². The number of nitrogens with one attached hydrogen (secondary N) is 2. The number of rotatable bonds is 5. The lowest BCUT2D eigenvalue weighted by Crippen LogP contribution is -2.44. The highest BCUT2D eigenvalue weighted by Gasteiger charge is 2.39. The van der Waals surface area contributed by atoms with E-state index >= 15 is 0 Å². The second-order valence-electron chi connectivity index (χ2n) is 8.12. The Bertz CT molecular complexity index is 1250. The second-order valence-corrected chi connectivity index (χ2v) is 8.12. The quantitative estimate of drug-likeness (QED) is 0.522. The minimum Gasteiger partial charge on any atom is -0.366 e. The predicted octanol–water partition coefficient (Wildman–Crippen LogP) is 3.09. The van der Waals surface area contributed by atoms with Crippen LogP contribution in [0.2, 0.25) is 0 Å². The highest BCUT2D eigenvalue weighted by atomic mass is 19.1. The number of nitrogens with zero attached hydrogens (tertiary/aromatic N) is 5. The summed E-state index contributed by atoms with van der Waals surface area (Å²) in [5.74, 6) is 1.38. The van der Waals surface area contributed by atoms with Crippen LogP contribution in [0.25, 0.3) is 16.9 Å². The van der Waals surface area contributed by atoms with E-state index in [-0.39, 0.29) is 5.82 Å². The lowest BCUT2D eigenvalue weighted by molar-refractivity contribution is 0.570. The van der Waals surface area contributed by atoms with Crippen LogP contribution in [-0.4, -0.2) is 44.5 Å². The molecule has 2 atom stereocenters. The third kappa shape index (κ3) is 3.29. The van der Waals surface area contributed by atoms with Crippen LogP contribution in [0.5, 0.6) is 0 Å². The normalized spacial score (nSPS) is 20.0. The van der Waals surface area contributed by atoms with Gasteiger partial charge in [0.15, 0.2) is 0 Å². The molecule has 1 aromatic carbocycles. The van der Waals surface area contributed by atoms with Gasteiger partial charge >= 0.3 is 0 Å². The summed E-state index contributed by atoms with van der Waals surface area (Å²) in [6.07, 6.45) is 6.68. The first kappa shape index (κ1) is 18.3. The van der Waals surface area contributed by atoms with E-state index in [1.165, 1.54) is 6.07 Å². The van der Waals surface area contributed by atoms with Gasteiger partial charge in [-0.1, -0.05) is 18.2 Å². The van der Waals surface area contributed by atoms with Crippen LogP contribution in [0.3, 0.4) is 0 Å². The molecule has 7 nitrogen and oxygen atoms in total. The van der Waals surface area contributed by atoms with Crippen LogP contribution in [0.1, 0.15) is 12.0 Å². The summed E-state index contributed by atoms with van der Waals surface area (Å²) in [7, 11) is 0. The molecule has 8 heteroatoms. The standard InChI is InChI=1S/C23H22FN7/c24-19-4-2-1-3-16(19)12-28-21-9-15(5-6-25-21)20-11-22-26-7-8-30(22)23(29-20)31-14-17-10-18(31)13-27-17/h1-9,11,17-18,27H,10,12-14H2,(H,25,28). The highest BCUT2D eigenvalue weighted by Crippen LogP contribution is 2.31. The molecule has 2 aliphatic heterocycles. The van der Waals surface area contributed by atoms with E-state index in [0.717, 1.165) is 42.4 Å². The molecule has 5 heterocycles. The fourth-order valence-electron chi connectivity index (χ4n) is 4.58. The molecule has 2 N–H and O–H groups in total. The molecule has 2 aliphatic rings. The Labute approximate surface area is 179 Å². The first-order chi connectivity index (χ1) is 15.2. The summed E-state index contributed by atoms with van der Waals surface area (Å²) in [5.41, 5.74) is 3.26. The largest absolute Gasteiger partial charge is 0.366 e. The molecule has 0 aliphatic carbocycles. The van der Waals surface area contributed by atoms with Gasteiger partial charge in [-0.05, 0) is 24.6 Å². The van der Waals surface area contributed by atoms with Crippen molar-refractivity contribution >= 4 is 17.4 Å². The van der Waals surface area contributed by atoms with Gasteiger partial charge in [-0.25, -0.2) is 19.3 Å². The molecule has 2 bridgehead atoms. The zero-order valence-corrected chi connectivity index (χ0v) is 16.9. The average molecular weight is 415 g/mol. The van der Waals surface area contributed by atoms with Crippen molar-refractivity contribution in [2.24, 2.45) is 0 Å².